The van der Waals surface area contributed by atoms with Gasteiger partial charge in [0, 0.05) is 50.8 Å². The Morgan fingerprint density at radius 2 is 2.00 bits per heavy atom. The Morgan fingerprint density at radius 1 is 1.28 bits per heavy atom. The minimum absolute atomic E-state index is 0.348. The van der Waals surface area contributed by atoms with Crippen molar-refractivity contribution < 1.29 is 4.74 Å². The first-order valence-corrected chi connectivity index (χ1v) is 10.2. The van der Waals surface area contributed by atoms with Crippen LogP contribution in [0.25, 0.3) is 0 Å². The molecule has 2 atom stereocenters. The number of guanidine groups is 1. The number of ether oxygens (including phenoxy) is 1. The van der Waals surface area contributed by atoms with Crippen molar-refractivity contribution in [2.45, 2.75) is 70.1 Å². The minimum Gasteiger partial charge on any atom is -0.378 e. The van der Waals surface area contributed by atoms with Gasteiger partial charge in [-0.15, -0.1) is 6.58 Å². The number of nitrogens with one attached hydrogen (secondary N) is 2. The van der Waals surface area contributed by atoms with E-state index < -0.39 is 0 Å². The third-order valence-corrected chi connectivity index (χ3v) is 6.54. The molecule has 5 nitrogen and oxygen atoms in total. The first-order valence-electron chi connectivity index (χ1n) is 10.2. The van der Waals surface area contributed by atoms with E-state index in [1.807, 2.05) is 13.1 Å². The van der Waals surface area contributed by atoms with Gasteiger partial charge in [0.1, 0.15) is 0 Å². The average molecular weight is 349 g/mol. The molecule has 142 valence electrons. The lowest BCUT2D eigenvalue weighted by atomic mass is 9.60. The number of rotatable bonds is 6. The maximum Gasteiger partial charge on any atom is 0.191 e. The van der Waals surface area contributed by atoms with Gasteiger partial charge in [-0.05, 0) is 39.0 Å². The van der Waals surface area contributed by atoms with Gasteiger partial charge >= 0.3 is 0 Å². The third kappa shape index (κ3) is 4.03. The molecule has 5 heteroatoms. The third-order valence-electron chi connectivity index (χ3n) is 6.54. The van der Waals surface area contributed by atoms with Crippen LogP contribution in [0, 0.1) is 5.41 Å². The van der Waals surface area contributed by atoms with Crippen LogP contribution in [0.3, 0.4) is 0 Å². The summed E-state index contributed by atoms with van der Waals surface area (Å²) in [5.74, 6) is 0.980. The summed E-state index contributed by atoms with van der Waals surface area (Å²) >= 11 is 0. The van der Waals surface area contributed by atoms with Gasteiger partial charge < -0.3 is 15.4 Å². The summed E-state index contributed by atoms with van der Waals surface area (Å²) in [6.45, 7) is 10.1. The molecule has 1 spiro atoms. The Balaban J connectivity index is 1.50. The van der Waals surface area contributed by atoms with E-state index >= 15 is 0 Å². The molecule has 2 saturated carbocycles. The number of piperidine rings is 1. The smallest absolute Gasteiger partial charge is 0.191 e. The lowest BCUT2D eigenvalue weighted by Gasteiger charge is -2.54. The van der Waals surface area contributed by atoms with Crippen molar-refractivity contribution in [1.29, 1.82) is 0 Å². The van der Waals surface area contributed by atoms with Crippen LogP contribution in [0.1, 0.15) is 51.9 Å². The Hall–Kier alpha value is -1.07. The standard InChI is InChI=1S/C20H36N4O/c1-4-12-24-13-8-16(9-14-24)22-19(21-3)23-17-15-18(25-5-2)20(17)10-6-7-11-20/h4,16-18H,1,5-15H2,2-3H3,(H2,21,22,23). The van der Waals surface area contributed by atoms with Gasteiger partial charge in [0.15, 0.2) is 5.96 Å². The van der Waals surface area contributed by atoms with E-state index in [0.29, 0.717) is 23.6 Å². The first kappa shape index (κ1) is 18.7. The van der Waals surface area contributed by atoms with Crippen LogP contribution in [0.5, 0.6) is 0 Å². The van der Waals surface area contributed by atoms with Crippen molar-refractivity contribution >= 4 is 5.96 Å². The van der Waals surface area contributed by atoms with E-state index in [1.54, 1.807) is 0 Å². The molecule has 0 bridgehead atoms. The summed E-state index contributed by atoms with van der Waals surface area (Å²) in [4.78, 5) is 6.97. The number of hydrogen-bond acceptors (Lipinski definition) is 3. The fraction of sp³-hybridized carbons (Fsp3) is 0.850. The normalized spacial score (nSPS) is 30.2. The SMILES string of the molecule is C=CCN1CCC(NC(=NC)NC2CC(OCC)C23CCCC3)CC1. The molecule has 3 rings (SSSR count). The summed E-state index contributed by atoms with van der Waals surface area (Å²) in [7, 11) is 1.89. The Bertz CT molecular complexity index is 464. The first-order chi connectivity index (χ1) is 12.2. The molecular formula is C20H36N4O. The quantitative estimate of drug-likeness (QED) is 0.440. The highest BCUT2D eigenvalue weighted by Gasteiger charge is 2.57. The van der Waals surface area contributed by atoms with Gasteiger partial charge in [0.25, 0.3) is 0 Å². The zero-order valence-electron chi connectivity index (χ0n) is 16.1. The van der Waals surface area contributed by atoms with E-state index in [1.165, 1.54) is 38.5 Å². The number of aliphatic imine (C=N–C) groups is 1. The van der Waals surface area contributed by atoms with Crippen LogP contribution < -0.4 is 10.6 Å². The summed E-state index contributed by atoms with van der Waals surface area (Å²) < 4.78 is 6.03. The number of likely N-dealkylation sites (tertiary alicyclic amines) is 1. The Morgan fingerprint density at radius 3 is 2.60 bits per heavy atom. The molecular weight excluding hydrogens is 312 g/mol. The molecule has 0 aromatic rings. The second-order valence-electron chi connectivity index (χ2n) is 7.90. The van der Waals surface area contributed by atoms with Crippen molar-refractivity contribution in [3.05, 3.63) is 12.7 Å². The molecule has 3 fully saturated rings. The lowest BCUT2D eigenvalue weighted by Crippen LogP contribution is -2.65. The van der Waals surface area contributed by atoms with Gasteiger partial charge in [0.05, 0.1) is 6.10 Å². The fourth-order valence-electron chi connectivity index (χ4n) is 5.06. The molecule has 3 aliphatic rings. The Labute approximate surface area is 153 Å². The van der Waals surface area contributed by atoms with Crippen LogP contribution in [0.15, 0.2) is 17.6 Å². The highest BCUT2D eigenvalue weighted by Crippen LogP contribution is 2.54. The van der Waals surface area contributed by atoms with E-state index in [4.69, 9.17) is 4.74 Å². The second-order valence-corrected chi connectivity index (χ2v) is 7.90. The Kier molecular flexibility index (Phi) is 6.39. The zero-order valence-corrected chi connectivity index (χ0v) is 16.1. The highest BCUT2D eigenvalue weighted by atomic mass is 16.5. The predicted octanol–water partition coefficient (Wildman–Crippen LogP) is 2.54. The molecule has 1 heterocycles. The molecule has 0 aromatic heterocycles. The van der Waals surface area contributed by atoms with E-state index in [9.17, 15) is 0 Å². The number of nitrogens with zero attached hydrogens (tertiary/aromatic N) is 2. The van der Waals surface area contributed by atoms with E-state index in [0.717, 1.165) is 38.6 Å². The van der Waals surface area contributed by atoms with Crippen LogP contribution in [-0.4, -0.2) is 62.3 Å². The molecule has 2 aliphatic carbocycles. The van der Waals surface area contributed by atoms with Gasteiger partial charge in [-0.25, -0.2) is 0 Å². The fourth-order valence-corrected chi connectivity index (χ4v) is 5.06. The molecule has 2 N–H and O–H groups in total. The van der Waals surface area contributed by atoms with Crippen molar-refractivity contribution in [2.24, 2.45) is 10.4 Å². The predicted molar refractivity (Wildman–Crippen MR) is 104 cm³/mol. The summed E-state index contributed by atoms with van der Waals surface area (Å²) in [6, 6.07) is 1.04. The maximum atomic E-state index is 6.03. The molecule has 0 aromatic carbocycles. The van der Waals surface area contributed by atoms with Crippen molar-refractivity contribution in [3.8, 4) is 0 Å². The van der Waals surface area contributed by atoms with Crippen LogP contribution >= 0.6 is 0 Å². The van der Waals surface area contributed by atoms with Gasteiger partial charge in [0.2, 0.25) is 0 Å². The largest absolute Gasteiger partial charge is 0.378 e. The summed E-state index contributed by atoms with van der Waals surface area (Å²) in [5.41, 5.74) is 0.348. The van der Waals surface area contributed by atoms with Gasteiger partial charge in [-0.2, -0.15) is 0 Å². The van der Waals surface area contributed by atoms with Crippen LogP contribution in [0.4, 0.5) is 0 Å². The number of hydrogen-bond donors (Lipinski definition) is 2. The maximum absolute atomic E-state index is 6.03. The monoisotopic (exact) mass is 348 g/mol. The lowest BCUT2D eigenvalue weighted by molar-refractivity contribution is -0.125. The van der Waals surface area contributed by atoms with Crippen molar-refractivity contribution in [3.63, 3.8) is 0 Å². The highest BCUT2D eigenvalue weighted by molar-refractivity contribution is 5.80. The molecule has 2 unspecified atom stereocenters. The molecule has 0 amide bonds. The zero-order chi connectivity index (χ0) is 17.7. The van der Waals surface area contributed by atoms with Crippen molar-refractivity contribution in [1.82, 2.24) is 15.5 Å². The topological polar surface area (TPSA) is 48.9 Å². The average Bonchev–Trinajstić information content (AvgIpc) is 3.14. The van der Waals surface area contributed by atoms with Crippen molar-refractivity contribution in [2.75, 3.05) is 33.3 Å². The van der Waals surface area contributed by atoms with E-state index in [2.05, 4.69) is 34.0 Å². The summed E-state index contributed by atoms with van der Waals surface area (Å²) in [5, 5.41) is 7.40. The molecule has 1 aliphatic heterocycles. The van der Waals surface area contributed by atoms with Gasteiger partial charge in [-0.3, -0.25) is 9.89 Å². The molecule has 1 saturated heterocycles. The van der Waals surface area contributed by atoms with Gasteiger partial charge in [-0.1, -0.05) is 18.9 Å². The summed E-state index contributed by atoms with van der Waals surface area (Å²) in [6.07, 6.45) is 11.2. The molecule has 25 heavy (non-hydrogen) atoms. The van der Waals surface area contributed by atoms with Crippen LogP contribution in [-0.2, 0) is 4.74 Å². The van der Waals surface area contributed by atoms with Crippen LogP contribution in [0.2, 0.25) is 0 Å². The van der Waals surface area contributed by atoms with E-state index in [-0.39, 0.29) is 0 Å². The second kappa shape index (κ2) is 8.54. The molecule has 0 radical (unpaired) electrons. The minimum atomic E-state index is 0.348.